The zero-order chi connectivity index (χ0) is 20.0. The summed E-state index contributed by atoms with van der Waals surface area (Å²) in [5, 5.41) is 5.50. The summed E-state index contributed by atoms with van der Waals surface area (Å²) in [6, 6.07) is 12.3. The van der Waals surface area contributed by atoms with Gasteiger partial charge in [-0.1, -0.05) is 6.92 Å². The minimum atomic E-state index is -3.53. The summed E-state index contributed by atoms with van der Waals surface area (Å²) in [7, 11) is -0.641. The first kappa shape index (κ1) is 20.6. The normalized spacial score (nSPS) is 11.3. The Morgan fingerprint density at radius 1 is 0.889 bits per heavy atom. The molecule has 2 aromatic carbocycles. The van der Waals surface area contributed by atoms with Crippen LogP contribution in [0.25, 0.3) is 0 Å². The van der Waals surface area contributed by atoms with E-state index in [4.69, 9.17) is 0 Å². The van der Waals surface area contributed by atoms with E-state index in [0.717, 1.165) is 10.7 Å². The second-order valence-electron chi connectivity index (χ2n) is 6.10. The average molecular weight is 389 g/mol. The molecule has 0 unspecified atom stereocenters. The molecule has 2 amide bonds. The Morgan fingerprint density at radius 3 is 1.93 bits per heavy atom. The summed E-state index contributed by atoms with van der Waals surface area (Å²) in [5.41, 5.74) is 1.38. The maximum atomic E-state index is 12.3. The van der Waals surface area contributed by atoms with E-state index in [0.29, 0.717) is 23.4 Å². The highest BCUT2D eigenvalue weighted by Gasteiger charge is 2.17. The Hall–Kier alpha value is -2.71. The van der Waals surface area contributed by atoms with E-state index < -0.39 is 10.0 Å². The van der Waals surface area contributed by atoms with Gasteiger partial charge in [0.1, 0.15) is 0 Å². The molecule has 7 nitrogen and oxygen atoms in total. The molecule has 0 heterocycles. The fourth-order valence-electron chi connectivity index (χ4n) is 2.24. The topological polar surface area (TPSA) is 95.6 Å². The predicted octanol–water partition coefficient (Wildman–Crippen LogP) is 2.33. The zero-order valence-corrected chi connectivity index (χ0v) is 16.3. The first-order valence-corrected chi connectivity index (χ1v) is 9.92. The lowest BCUT2D eigenvalue weighted by atomic mass is 10.1. The van der Waals surface area contributed by atoms with Crippen molar-refractivity contribution in [2.45, 2.75) is 18.2 Å². The summed E-state index contributed by atoms with van der Waals surface area (Å²) < 4.78 is 25.2. The van der Waals surface area contributed by atoms with Crippen LogP contribution in [0.3, 0.4) is 0 Å². The van der Waals surface area contributed by atoms with E-state index in [9.17, 15) is 18.0 Å². The average Bonchev–Trinajstić information content (AvgIpc) is 2.66. The Kier molecular flexibility index (Phi) is 6.70. The van der Waals surface area contributed by atoms with Gasteiger partial charge in [-0.25, -0.2) is 12.7 Å². The molecule has 0 saturated carbocycles. The smallest absolute Gasteiger partial charge is 0.255 e. The highest BCUT2D eigenvalue weighted by Crippen LogP contribution is 2.16. The molecule has 0 saturated heterocycles. The predicted molar refractivity (Wildman–Crippen MR) is 104 cm³/mol. The molecule has 0 aliphatic rings. The van der Waals surface area contributed by atoms with Gasteiger partial charge < -0.3 is 10.6 Å². The number of carbonyl (C=O) groups is 2. The van der Waals surface area contributed by atoms with Crippen molar-refractivity contribution >= 4 is 27.5 Å². The Bertz CT molecular complexity index is 905. The van der Waals surface area contributed by atoms with E-state index in [1.54, 1.807) is 24.3 Å². The van der Waals surface area contributed by atoms with Crippen LogP contribution in [0.1, 0.15) is 34.1 Å². The highest BCUT2D eigenvalue weighted by atomic mass is 32.2. The maximum absolute atomic E-state index is 12.3. The highest BCUT2D eigenvalue weighted by molar-refractivity contribution is 7.89. The SMILES string of the molecule is CCCNC(=O)c1ccc(NC(=O)c2ccc(S(=O)(=O)N(C)C)cc2)cc1. The molecule has 0 radical (unpaired) electrons. The second kappa shape index (κ2) is 8.79. The molecule has 27 heavy (non-hydrogen) atoms. The second-order valence-corrected chi connectivity index (χ2v) is 8.25. The third-order valence-corrected chi connectivity index (χ3v) is 5.66. The fourth-order valence-corrected chi connectivity index (χ4v) is 3.14. The van der Waals surface area contributed by atoms with Crippen LogP contribution in [-0.2, 0) is 10.0 Å². The van der Waals surface area contributed by atoms with Gasteiger partial charge in [-0.3, -0.25) is 9.59 Å². The lowest BCUT2D eigenvalue weighted by molar-refractivity contribution is 0.0953. The quantitative estimate of drug-likeness (QED) is 0.760. The third-order valence-electron chi connectivity index (χ3n) is 3.84. The van der Waals surface area contributed by atoms with Gasteiger partial charge in [0.05, 0.1) is 4.90 Å². The largest absolute Gasteiger partial charge is 0.352 e. The number of anilines is 1. The lowest BCUT2D eigenvalue weighted by Gasteiger charge is -2.12. The molecule has 0 spiro atoms. The van der Waals surface area contributed by atoms with Crippen LogP contribution in [0.2, 0.25) is 0 Å². The van der Waals surface area contributed by atoms with E-state index in [1.165, 1.54) is 38.4 Å². The van der Waals surface area contributed by atoms with E-state index >= 15 is 0 Å². The Morgan fingerprint density at radius 2 is 1.41 bits per heavy atom. The third kappa shape index (κ3) is 5.15. The van der Waals surface area contributed by atoms with Crippen molar-refractivity contribution in [1.82, 2.24) is 9.62 Å². The zero-order valence-electron chi connectivity index (χ0n) is 15.5. The Balaban J connectivity index is 2.06. The number of benzene rings is 2. The molecule has 144 valence electrons. The van der Waals surface area contributed by atoms with Gasteiger partial charge in [-0.05, 0) is 55.0 Å². The molecule has 2 N–H and O–H groups in total. The van der Waals surface area contributed by atoms with Crippen molar-refractivity contribution in [3.63, 3.8) is 0 Å². The molecule has 8 heteroatoms. The Labute approximate surface area is 159 Å². The van der Waals surface area contributed by atoms with Gasteiger partial charge in [0, 0.05) is 37.5 Å². The van der Waals surface area contributed by atoms with Crippen molar-refractivity contribution in [2.24, 2.45) is 0 Å². The van der Waals surface area contributed by atoms with E-state index in [-0.39, 0.29) is 16.7 Å². The first-order chi connectivity index (χ1) is 12.8. The van der Waals surface area contributed by atoms with Gasteiger partial charge in [-0.2, -0.15) is 0 Å². The summed E-state index contributed by atoms with van der Waals surface area (Å²) in [4.78, 5) is 24.3. The van der Waals surface area contributed by atoms with Crippen molar-refractivity contribution in [2.75, 3.05) is 26.0 Å². The van der Waals surface area contributed by atoms with Gasteiger partial charge in [0.15, 0.2) is 0 Å². The van der Waals surface area contributed by atoms with Crippen molar-refractivity contribution < 1.29 is 18.0 Å². The molecule has 0 bridgehead atoms. The van der Waals surface area contributed by atoms with Crippen LogP contribution < -0.4 is 10.6 Å². The number of carbonyl (C=O) groups excluding carboxylic acids is 2. The molecule has 2 rings (SSSR count). The standard InChI is InChI=1S/C19H23N3O4S/c1-4-13-20-18(23)14-5-9-16(10-6-14)21-19(24)15-7-11-17(12-8-15)27(25,26)22(2)3/h5-12H,4,13H2,1-3H3,(H,20,23)(H,21,24). The minimum Gasteiger partial charge on any atom is -0.352 e. The first-order valence-electron chi connectivity index (χ1n) is 8.48. The fraction of sp³-hybridized carbons (Fsp3) is 0.263. The van der Waals surface area contributed by atoms with Gasteiger partial charge >= 0.3 is 0 Å². The lowest BCUT2D eigenvalue weighted by Crippen LogP contribution is -2.23. The van der Waals surface area contributed by atoms with Gasteiger partial charge in [0.25, 0.3) is 11.8 Å². The van der Waals surface area contributed by atoms with Crippen molar-refractivity contribution in [1.29, 1.82) is 0 Å². The van der Waals surface area contributed by atoms with Crippen LogP contribution in [0.5, 0.6) is 0 Å². The summed E-state index contributed by atoms with van der Waals surface area (Å²) in [6.45, 7) is 2.58. The monoisotopic (exact) mass is 389 g/mol. The molecule has 0 aromatic heterocycles. The molecule has 0 aliphatic heterocycles. The van der Waals surface area contributed by atoms with Crippen LogP contribution >= 0.6 is 0 Å². The van der Waals surface area contributed by atoms with Crippen LogP contribution in [0, 0.1) is 0 Å². The van der Waals surface area contributed by atoms with E-state index in [1.807, 2.05) is 6.92 Å². The number of nitrogens with one attached hydrogen (secondary N) is 2. The van der Waals surface area contributed by atoms with Crippen LogP contribution in [0.4, 0.5) is 5.69 Å². The molecule has 0 aliphatic carbocycles. The number of hydrogen-bond acceptors (Lipinski definition) is 4. The van der Waals surface area contributed by atoms with Crippen LogP contribution in [0.15, 0.2) is 53.4 Å². The molecule has 0 atom stereocenters. The number of hydrogen-bond donors (Lipinski definition) is 2. The number of rotatable bonds is 7. The summed E-state index contributed by atoms with van der Waals surface area (Å²) >= 11 is 0. The van der Waals surface area contributed by atoms with Gasteiger partial charge in [-0.15, -0.1) is 0 Å². The van der Waals surface area contributed by atoms with Gasteiger partial charge in [0.2, 0.25) is 10.0 Å². The van der Waals surface area contributed by atoms with Crippen molar-refractivity contribution in [3.8, 4) is 0 Å². The van der Waals surface area contributed by atoms with Crippen LogP contribution in [-0.4, -0.2) is 45.2 Å². The number of sulfonamides is 1. The number of amides is 2. The maximum Gasteiger partial charge on any atom is 0.255 e. The summed E-state index contributed by atoms with van der Waals surface area (Å²) in [5.74, 6) is -0.528. The minimum absolute atomic E-state index is 0.117. The molecule has 0 fully saturated rings. The number of nitrogens with zero attached hydrogens (tertiary/aromatic N) is 1. The molecule has 2 aromatic rings. The van der Waals surface area contributed by atoms with Crippen molar-refractivity contribution in [3.05, 3.63) is 59.7 Å². The van der Waals surface area contributed by atoms with E-state index in [2.05, 4.69) is 10.6 Å². The molecular weight excluding hydrogens is 366 g/mol. The summed E-state index contributed by atoms with van der Waals surface area (Å²) in [6.07, 6.45) is 0.856. The molecular formula is C19H23N3O4S.